The number of imidazole rings is 1. The fourth-order valence-corrected chi connectivity index (χ4v) is 4.08. The summed E-state index contributed by atoms with van der Waals surface area (Å²) in [5.74, 6) is 1.02. The van der Waals surface area contributed by atoms with Crippen molar-refractivity contribution in [3.63, 3.8) is 0 Å². The van der Waals surface area contributed by atoms with Gasteiger partial charge < -0.3 is 24.9 Å². The van der Waals surface area contributed by atoms with Gasteiger partial charge in [0.2, 0.25) is 0 Å². The number of anilines is 2. The van der Waals surface area contributed by atoms with Gasteiger partial charge in [0.05, 0.1) is 17.7 Å². The Morgan fingerprint density at radius 2 is 2.00 bits per heavy atom. The molecular weight excluding hydrogens is 424 g/mol. The van der Waals surface area contributed by atoms with Crippen molar-refractivity contribution in [2.24, 2.45) is 0 Å². The van der Waals surface area contributed by atoms with Crippen LogP contribution in [0.25, 0.3) is 33.2 Å². The maximum atomic E-state index is 10.5. The van der Waals surface area contributed by atoms with Crippen LogP contribution < -0.4 is 10.5 Å². The van der Waals surface area contributed by atoms with Gasteiger partial charge in [-0.3, -0.25) is 4.98 Å². The van der Waals surface area contributed by atoms with E-state index in [1.165, 1.54) is 0 Å². The van der Waals surface area contributed by atoms with Crippen LogP contribution in [-0.4, -0.2) is 43.1 Å². The summed E-state index contributed by atoms with van der Waals surface area (Å²) in [4.78, 5) is 14.0. The zero-order valence-corrected chi connectivity index (χ0v) is 19.5. The van der Waals surface area contributed by atoms with Crippen molar-refractivity contribution in [3.8, 4) is 11.1 Å². The quantitative estimate of drug-likeness (QED) is 0.341. The summed E-state index contributed by atoms with van der Waals surface area (Å²) < 4.78 is 10.8. The molecule has 32 heavy (non-hydrogen) atoms. The van der Waals surface area contributed by atoms with Gasteiger partial charge in [0.15, 0.2) is 5.82 Å². The normalized spacial score (nSPS) is 12.0. The molecule has 0 aliphatic rings. The Morgan fingerprint density at radius 3 is 2.72 bits per heavy atom. The van der Waals surface area contributed by atoms with E-state index in [2.05, 4.69) is 20.8 Å². The lowest BCUT2D eigenvalue weighted by molar-refractivity contribution is 0.0582. The summed E-state index contributed by atoms with van der Waals surface area (Å²) in [6.45, 7) is 6.66. The van der Waals surface area contributed by atoms with Crippen LogP contribution in [0.2, 0.25) is 0 Å². The molecule has 3 aromatic heterocycles. The molecule has 0 aliphatic carbocycles. The molecule has 0 radical (unpaired) electrons. The lowest BCUT2D eigenvalue weighted by atomic mass is 10.1. The number of aliphatic hydroxyl groups is 1. The number of nitrogens with two attached hydrogens (primary N) is 1. The van der Waals surface area contributed by atoms with Gasteiger partial charge in [0.1, 0.15) is 29.0 Å². The number of nitrogens with one attached hydrogen (secondary N) is 1. The molecule has 3 heterocycles. The summed E-state index contributed by atoms with van der Waals surface area (Å²) >= 11 is 1.54. The van der Waals surface area contributed by atoms with Crippen molar-refractivity contribution in [1.29, 1.82) is 0 Å². The first kappa shape index (κ1) is 22.3. The number of rotatable bonds is 8. The van der Waals surface area contributed by atoms with Crippen LogP contribution in [0.3, 0.4) is 0 Å². The minimum atomic E-state index is -0.955. The van der Waals surface area contributed by atoms with Gasteiger partial charge in [-0.15, -0.1) is 0 Å². The number of aromatic nitrogens is 4. The SMILES string of the molecule is CCOCc1nc2c(N)nc3cc(-c4cccc(NSC)c4)cnc3c2n1CC(C)(C)O. The Bertz CT molecular complexity index is 1270. The number of nitrogens with zero attached hydrogens (tertiary/aromatic N) is 4. The molecule has 0 aliphatic heterocycles. The van der Waals surface area contributed by atoms with Gasteiger partial charge >= 0.3 is 0 Å². The lowest BCUT2D eigenvalue weighted by Crippen LogP contribution is -2.27. The van der Waals surface area contributed by atoms with Crippen LogP contribution in [0.1, 0.15) is 26.6 Å². The van der Waals surface area contributed by atoms with Crippen LogP contribution >= 0.6 is 11.9 Å². The van der Waals surface area contributed by atoms with Crippen LogP contribution in [-0.2, 0) is 17.9 Å². The second kappa shape index (κ2) is 8.93. The molecule has 0 fully saturated rings. The number of pyridine rings is 2. The van der Waals surface area contributed by atoms with Crippen LogP contribution in [0.5, 0.6) is 0 Å². The van der Waals surface area contributed by atoms with Crippen molar-refractivity contribution in [1.82, 2.24) is 19.5 Å². The molecule has 1 aromatic carbocycles. The predicted molar refractivity (Wildman–Crippen MR) is 131 cm³/mol. The Labute approximate surface area is 191 Å². The molecule has 8 nitrogen and oxygen atoms in total. The minimum absolute atomic E-state index is 0.315. The van der Waals surface area contributed by atoms with Crippen molar-refractivity contribution in [3.05, 3.63) is 42.4 Å². The van der Waals surface area contributed by atoms with E-state index in [1.54, 1.807) is 25.8 Å². The largest absolute Gasteiger partial charge is 0.389 e. The first-order valence-corrected chi connectivity index (χ1v) is 11.7. The van der Waals surface area contributed by atoms with Gasteiger partial charge in [-0.25, -0.2) is 9.97 Å². The molecular formula is C23H28N6O2S. The average molecular weight is 453 g/mol. The summed E-state index contributed by atoms with van der Waals surface area (Å²) in [5.41, 5.74) is 11.0. The average Bonchev–Trinajstić information content (AvgIpc) is 3.10. The van der Waals surface area contributed by atoms with Crippen molar-refractivity contribution in [2.45, 2.75) is 39.5 Å². The number of nitrogen functional groups attached to an aromatic ring is 1. The first-order valence-electron chi connectivity index (χ1n) is 10.4. The molecule has 0 spiro atoms. The predicted octanol–water partition coefficient (Wildman–Crippen LogP) is 4.23. The fraction of sp³-hybridized carbons (Fsp3) is 0.348. The maximum absolute atomic E-state index is 10.5. The third-order valence-corrected chi connectivity index (χ3v) is 5.46. The summed E-state index contributed by atoms with van der Waals surface area (Å²) in [6.07, 6.45) is 3.82. The van der Waals surface area contributed by atoms with Gasteiger partial charge in [0, 0.05) is 30.3 Å². The fourth-order valence-electron chi connectivity index (χ4n) is 3.72. The Balaban J connectivity index is 1.90. The number of ether oxygens (including phenoxy) is 1. The van der Waals surface area contributed by atoms with E-state index in [1.807, 2.05) is 48.2 Å². The number of hydrogen-bond donors (Lipinski definition) is 3. The van der Waals surface area contributed by atoms with E-state index in [0.29, 0.717) is 48.0 Å². The zero-order chi connectivity index (χ0) is 22.9. The van der Waals surface area contributed by atoms with Gasteiger partial charge in [0.25, 0.3) is 0 Å². The minimum Gasteiger partial charge on any atom is -0.389 e. The second-order valence-electron chi connectivity index (χ2n) is 8.24. The third kappa shape index (κ3) is 4.50. The molecule has 0 unspecified atom stereocenters. The topological polar surface area (TPSA) is 111 Å². The Kier molecular flexibility index (Phi) is 6.23. The van der Waals surface area contributed by atoms with Crippen molar-refractivity contribution >= 4 is 45.5 Å². The molecule has 168 valence electrons. The van der Waals surface area contributed by atoms with E-state index in [0.717, 1.165) is 22.3 Å². The molecule has 0 saturated heterocycles. The molecule has 0 atom stereocenters. The molecule has 4 rings (SSSR count). The highest BCUT2D eigenvalue weighted by Gasteiger charge is 2.23. The highest BCUT2D eigenvalue weighted by atomic mass is 32.2. The van der Waals surface area contributed by atoms with Gasteiger partial charge in [-0.1, -0.05) is 24.1 Å². The Hall–Kier alpha value is -2.88. The van der Waals surface area contributed by atoms with Crippen LogP contribution in [0.15, 0.2) is 36.5 Å². The van der Waals surface area contributed by atoms with Crippen molar-refractivity contribution < 1.29 is 9.84 Å². The summed E-state index contributed by atoms with van der Waals surface area (Å²) in [6, 6.07) is 10.1. The molecule has 4 N–H and O–H groups in total. The van der Waals surface area contributed by atoms with Crippen LogP contribution in [0, 0.1) is 0 Å². The summed E-state index contributed by atoms with van der Waals surface area (Å²) in [7, 11) is 0. The second-order valence-corrected chi connectivity index (χ2v) is 8.85. The molecule has 0 saturated carbocycles. The highest BCUT2D eigenvalue weighted by molar-refractivity contribution is 7.99. The number of benzene rings is 1. The van der Waals surface area contributed by atoms with Gasteiger partial charge in [-0.2, -0.15) is 0 Å². The van der Waals surface area contributed by atoms with Crippen LogP contribution in [0.4, 0.5) is 11.5 Å². The Morgan fingerprint density at radius 1 is 1.19 bits per heavy atom. The van der Waals surface area contributed by atoms with E-state index < -0.39 is 5.60 Å². The van der Waals surface area contributed by atoms with E-state index in [-0.39, 0.29) is 0 Å². The molecule has 9 heteroatoms. The zero-order valence-electron chi connectivity index (χ0n) is 18.7. The number of fused-ring (bicyclic) bond motifs is 3. The van der Waals surface area contributed by atoms with Crippen molar-refractivity contribution in [2.75, 3.05) is 23.3 Å². The monoisotopic (exact) mass is 452 g/mol. The van der Waals surface area contributed by atoms with E-state index >= 15 is 0 Å². The summed E-state index contributed by atoms with van der Waals surface area (Å²) in [5, 5.41) is 10.5. The molecule has 0 amide bonds. The third-order valence-electron chi connectivity index (χ3n) is 5.02. The smallest absolute Gasteiger partial charge is 0.152 e. The first-order chi connectivity index (χ1) is 15.3. The van der Waals surface area contributed by atoms with E-state index in [4.69, 9.17) is 15.5 Å². The highest BCUT2D eigenvalue weighted by Crippen LogP contribution is 2.32. The number of hydrogen-bond acceptors (Lipinski definition) is 8. The lowest BCUT2D eigenvalue weighted by Gasteiger charge is -2.20. The molecule has 0 bridgehead atoms. The molecule has 4 aromatic rings. The standard InChI is InChI=1S/C23H28N6O2S/c1-5-31-12-18-27-20-21(29(18)13-23(2,3)30)19-17(26-22(20)24)10-15(11-25-19)14-7-6-8-16(9-14)28-32-4/h6-11,28,30H,5,12-13H2,1-4H3,(H2,24,26). The van der Waals surface area contributed by atoms with Gasteiger partial charge in [-0.05, 0) is 44.5 Å². The maximum Gasteiger partial charge on any atom is 0.152 e. The van der Waals surface area contributed by atoms with E-state index in [9.17, 15) is 5.11 Å².